The molecule has 0 aliphatic carbocycles. The van der Waals surface area contributed by atoms with Gasteiger partial charge in [-0.15, -0.1) is 0 Å². The maximum absolute atomic E-state index is 13.4. The summed E-state index contributed by atoms with van der Waals surface area (Å²) < 4.78 is 10.8. The first-order valence-electron chi connectivity index (χ1n) is 11.5. The van der Waals surface area contributed by atoms with E-state index >= 15 is 0 Å². The van der Waals surface area contributed by atoms with Gasteiger partial charge in [0.1, 0.15) is 6.04 Å². The zero-order chi connectivity index (χ0) is 22.9. The van der Waals surface area contributed by atoms with Gasteiger partial charge in [0.15, 0.2) is 11.5 Å². The Bertz CT molecular complexity index is 928. The average molecular weight is 439 g/mol. The number of carbonyl (C=O) groups excluding carboxylic acids is 2. The third-order valence-corrected chi connectivity index (χ3v) is 5.88. The fourth-order valence-corrected chi connectivity index (χ4v) is 3.89. The van der Waals surface area contributed by atoms with Crippen LogP contribution in [0.2, 0.25) is 0 Å². The Morgan fingerprint density at radius 3 is 2.62 bits per heavy atom. The minimum atomic E-state index is -0.490. The third kappa shape index (κ3) is 6.02. The van der Waals surface area contributed by atoms with E-state index in [2.05, 4.69) is 12.2 Å². The molecule has 1 atom stereocenters. The number of aryl methyl sites for hydroxylation is 2. The minimum absolute atomic E-state index is 0.0246. The molecule has 3 rings (SSSR count). The lowest BCUT2D eigenvalue weighted by Crippen LogP contribution is -2.49. The lowest BCUT2D eigenvalue weighted by molar-refractivity contribution is -0.141. The molecule has 0 radical (unpaired) electrons. The summed E-state index contributed by atoms with van der Waals surface area (Å²) in [6.07, 6.45) is 3.41. The van der Waals surface area contributed by atoms with Crippen LogP contribution in [0.25, 0.3) is 0 Å². The highest BCUT2D eigenvalue weighted by Crippen LogP contribution is 2.32. The van der Waals surface area contributed by atoms with Gasteiger partial charge in [-0.3, -0.25) is 9.59 Å². The van der Waals surface area contributed by atoms with Gasteiger partial charge in [0.25, 0.3) is 0 Å². The Balaban J connectivity index is 1.74. The maximum Gasteiger partial charge on any atom is 0.242 e. The molecule has 0 spiro atoms. The second-order valence-electron chi connectivity index (χ2n) is 8.20. The van der Waals surface area contributed by atoms with Crippen molar-refractivity contribution in [3.05, 3.63) is 59.2 Å². The van der Waals surface area contributed by atoms with Crippen LogP contribution >= 0.6 is 0 Å². The topological polar surface area (TPSA) is 67.9 Å². The number of unbranched alkanes of at least 4 members (excludes halogenated alkanes) is 1. The van der Waals surface area contributed by atoms with Gasteiger partial charge in [-0.25, -0.2) is 0 Å². The van der Waals surface area contributed by atoms with Crippen LogP contribution in [0.4, 0.5) is 0 Å². The number of nitrogens with one attached hydrogen (secondary N) is 1. The molecule has 1 aliphatic heterocycles. The summed E-state index contributed by atoms with van der Waals surface area (Å²) in [5.41, 5.74) is 3.19. The zero-order valence-electron chi connectivity index (χ0n) is 19.4. The molecule has 0 aromatic heterocycles. The summed E-state index contributed by atoms with van der Waals surface area (Å²) in [5, 5.41) is 3.01. The summed E-state index contributed by atoms with van der Waals surface area (Å²) in [4.78, 5) is 28.1. The van der Waals surface area contributed by atoms with Gasteiger partial charge in [-0.2, -0.15) is 0 Å². The van der Waals surface area contributed by atoms with E-state index in [4.69, 9.17) is 9.47 Å². The molecule has 6 heteroatoms. The summed E-state index contributed by atoms with van der Waals surface area (Å²) >= 11 is 0. The predicted octanol–water partition coefficient (Wildman–Crippen LogP) is 4.38. The molecule has 2 aromatic rings. The molecular formula is C26H34N2O4. The number of nitrogens with zero attached hydrogens (tertiary/aromatic N) is 1. The van der Waals surface area contributed by atoms with Gasteiger partial charge < -0.3 is 19.7 Å². The molecule has 1 N–H and O–H groups in total. The van der Waals surface area contributed by atoms with Crippen LogP contribution in [-0.4, -0.2) is 36.1 Å². The van der Waals surface area contributed by atoms with Crippen LogP contribution in [0, 0.1) is 6.92 Å². The number of hydrogen-bond donors (Lipinski definition) is 1. The van der Waals surface area contributed by atoms with E-state index in [1.54, 1.807) is 4.90 Å². The van der Waals surface area contributed by atoms with Gasteiger partial charge in [0.2, 0.25) is 18.6 Å². The molecule has 0 saturated carbocycles. The molecule has 172 valence electrons. The number of carbonyl (C=O) groups is 2. The fraction of sp³-hybridized carbons (Fsp3) is 0.462. The number of hydrogen-bond acceptors (Lipinski definition) is 4. The summed E-state index contributed by atoms with van der Waals surface area (Å²) in [6, 6.07) is 13.3. The van der Waals surface area contributed by atoms with Gasteiger partial charge >= 0.3 is 0 Å². The summed E-state index contributed by atoms with van der Waals surface area (Å²) in [5.74, 6) is 1.35. The maximum atomic E-state index is 13.4. The highest BCUT2D eigenvalue weighted by molar-refractivity contribution is 5.87. The quantitative estimate of drug-likeness (QED) is 0.529. The fourth-order valence-electron chi connectivity index (χ4n) is 3.89. The van der Waals surface area contributed by atoms with Crippen molar-refractivity contribution in [1.29, 1.82) is 0 Å². The monoisotopic (exact) mass is 438 g/mol. The lowest BCUT2D eigenvalue weighted by Gasteiger charge is -2.31. The van der Waals surface area contributed by atoms with Crippen LogP contribution in [0.1, 0.15) is 56.2 Å². The molecule has 0 saturated heterocycles. The Morgan fingerprint density at radius 1 is 1.09 bits per heavy atom. The van der Waals surface area contributed by atoms with Crippen LogP contribution in [0.15, 0.2) is 42.5 Å². The largest absolute Gasteiger partial charge is 0.454 e. The van der Waals surface area contributed by atoms with Crippen LogP contribution in [-0.2, 0) is 22.6 Å². The van der Waals surface area contributed by atoms with Gasteiger partial charge in [-0.1, -0.05) is 50.6 Å². The van der Waals surface area contributed by atoms with Gasteiger partial charge in [0, 0.05) is 19.5 Å². The SMILES string of the molecule is CCCCNC(=O)[C@@H](CC)N(Cc1ccccc1C)C(=O)CCc1ccc2c(c1)OCO2. The molecular weight excluding hydrogens is 404 g/mol. The van der Waals surface area contributed by atoms with Crippen molar-refractivity contribution >= 4 is 11.8 Å². The Kier molecular flexibility index (Phi) is 8.54. The van der Waals surface area contributed by atoms with Crippen molar-refractivity contribution in [3.63, 3.8) is 0 Å². The number of fused-ring (bicyclic) bond motifs is 1. The Morgan fingerprint density at radius 2 is 1.88 bits per heavy atom. The Labute approximate surface area is 190 Å². The first kappa shape index (κ1) is 23.6. The van der Waals surface area contributed by atoms with Crippen molar-refractivity contribution in [2.45, 2.75) is 65.5 Å². The second-order valence-corrected chi connectivity index (χ2v) is 8.20. The van der Waals surface area contributed by atoms with E-state index in [9.17, 15) is 9.59 Å². The summed E-state index contributed by atoms with van der Waals surface area (Å²) in [7, 11) is 0. The smallest absolute Gasteiger partial charge is 0.242 e. The van der Waals surface area contributed by atoms with E-state index in [0.29, 0.717) is 38.1 Å². The molecule has 32 heavy (non-hydrogen) atoms. The van der Waals surface area contributed by atoms with Crippen molar-refractivity contribution in [1.82, 2.24) is 10.2 Å². The highest BCUT2D eigenvalue weighted by atomic mass is 16.7. The van der Waals surface area contributed by atoms with Crippen LogP contribution in [0.5, 0.6) is 11.5 Å². The number of amides is 2. The van der Waals surface area contributed by atoms with E-state index in [1.807, 2.05) is 56.3 Å². The molecule has 0 fully saturated rings. The first-order chi connectivity index (χ1) is 15.5. The second kappa shape index (κ2) is 11.6. The Hall–Kier alpha value is -3.02. The zero-order valence-corrected chi connectivity index (χ0v) is 19.4. The third-order valence-electron chi connectivity index (χ3n) is 5.88. The van der Waals surface area contributed by atoms with Crippen LogP contribution < -0.4 is 14.8 Å². The van der Waals surface area contributed by atoms with E-state index < -0.39 is 6.04 Å². The minimum Gasteiger partial charge on any atom is -0.454 e. The molecule has 1 aliphatic rings. The van der Waals surface area contributed by atoms with Gasteiger partial charge in [-0.05, 0) is 55.0 Å². The average Bonchev–Trinajstić information content (AvgIpc) is 3.26. The van der Waals surface area contributed by atoms with Crippen LogP contribution in [0.3, 0.4) is 0 Å². The van der Waals surface area contributed by atoms with E-state index in [1.165, 1.54) is 0 Å². The van der Waals surface area contributed by atoms with Gasteiger partial charge in [0.05, 0.1) is 0 Å². The van der Waals surface area contributed by atoms with Crippen molar-refractivity contribution in [3.8, 4) is 11.5 Å². The normalized spacial score (nSPS) is 13.0. The van der Waals surface area contributed by atoms with Crippen molar-refractivity contribution in [2.24, 2.45) is 0 Å². The molecule has 2 amide bonds. The molecule has 6 nitrogen and oxygen atoms in total. The molecule has 1 heterocycles. The van der Waals surface area contributed by atoms with Crippen molar-refractivity contribution < 1.29 is 19.1 Å². The van der Waals surface area contributed by atoms with E-state index in [-0.39, 0.29) is 18.6 Å². The number of benzene rings is 2. The standard InChI is InChI=1S/C26H34N2O4/c1-4-6-15-27-26(30)22(5-2)28(17-21-10-8-7-9-19(21)3)25(29)14-12-20-11-13-23-24(16-20)32-18-31-23/h7-11,13,16,22H,4-6,12,14-15,17-18H2,1-3H3,(H,27,30)/t22-/m1/s1. The van der Waals surface area contributed by atoms with Crippen molar-refractivity contribution in [2.75, 3.05) is 13.3 Å². The van der Waals surface area contributed by atoms with E-state index in [0.717, 1.165) is 35.3 Å². The molecule has 0 unspecified atom stereocenters. The lowest BCUT2D eigenvalue weighted by atomic mass is 10.0. The molecule has 2 aromatic carbocycles. The number of rotatable bonds is 11. The number of ether oxygens (including phenoxy) is 2. The predicted molar refractivity (Wildman–Crippen MR) is 125 cm³/mol. The highest BCUT2D eigenvalue weighted by Gasteiger charge is 2.28. The molecule has 0 bridgehead atoms. The first-order valence-corrected chi connectivity index (χ1v) is 11.5. The summed E-state index contributed by atoms with van der Waals surface area (Å²) in [6.45, 7) is 7.37.